The van der Waals surface area contributed by atoms with Gasteiger partial charge in [0.25, 0.3) is 0 Å². The van der Waals surface area contributed by atoms with Gasteiger partial charge in [-0.05, 0) is 18.2 Å². The molecule has 18 heavy (non-hydrogen) atoms. The van der Waals surface area contributed by atoms with Crippen molar-refractivity contribution in [3.8, 4) is 5.75 Å². The molecule has 1 amide bonds. The van der Waals surface area contributed by atoms with Gasteiger partial charge in [-0.25, -0.2) is 0 Å². The minimum absolute atomic E-state index is 0.182. The number of hydrogen-bond donors (Lipinski definition) is 1. The minimum atomic E-state index is -4.39. The zero-order valence-corrected chi connectivity index (χ0v) is 9.58. The van der Waals surface area contributed by atoms with Gasteiger partial charge < -0.3 is 15.2 Å². The number of rotatable bonds is 5. The summed E-state index contributed by atoms with van der Waals surface area (Å²) in [6.07, 6.45) is -4.39. The molecule has 0 spiro atoms. The second kappa shape index (κ2) is 5.72. The van der Waals surface area contributed by atoms with Crippen LogP contribution in [0.4, 0.5) is 13.2 Å². The molecule has 0 fully saturated rings. The van der Waals surface area contributed by atoms with Crippen LogP contribution in [-0.2, 0) is 11.3 Å². The predicted molar refractivity (Wildman–Crippen MR) is 57.2 cm³/mol. The molecule has 0 bridgehead atoms. The standard InChI is InChI=1S/C11H12F3NO3/c1-17-9-3-2-7(10(15)16)4-8(9)5-18-6-11(12,13)14/h2-4H,5-6H2,1H3,(H2,15,16). The lowest BCUT2D eigenvalue weighted by Gasteiger charge is -2.11. The summed E-state index contributed by atoms with van der Waals surface area (Å²) < 4.78 is 45.2. The highest BCUT2D eigenvalue weighted by Gasteiger charge is 2.27. The van der Waals surface area contributed by atoms with Crippen LogP contribution >= 0.6 is 0 Å². The normalized spacial score (nSPS) is 11.3. The number of carbonyl (C=O) groups is 1. The van der Waals surface area contributed by atoms with Gasteiger partial charge in [0.1, 0.15) is 12.4 Å². The number of ether oxygens (including phenoxy) is 2. The Balaban J connectivity index is 2.78. The fraction of sp³-hybridized carbons (Fsp3) is 0.364. The van der Waals surface area contributed by atoms with Crippen LogP contribution in [0.25, 0.3) is 0 Å². The summed E-state index contributed by atoms with van der Waals surface area (Å²) in [7, 11) is 1.37. The van der Waals surface area contributed by atoms with Gasteiger partial charge in [0, 0.05) is 11.1 Å². The summed E-state index contributed by atoms with van der Waals surface area (Å²) in [5.41, 5.74) is 5.58. The lowest BCUT2D eigenvalue weighted by molar-refractivity contribution is -0.176. The molecule has 0 aliphatic heterocycles. The molecule has 1 rings (SSSR count). The van der Waals surface area contributed by atoms with Gasteiger partial charge >= 0.3 is 6.18 Å². The molecule has 7 heteroatoms. The van der Waals surface area contributed by atoms with E-state index in [0.29, 0.717) is 11.3 Å². The molecule has 0 radical (unpaired) electrons. The van der Waals surface area contributed by atoms with Gasteiger partial charge in [0.15, 0.2) is 0 Å². The Bertz CT molecular complexity index is 432. The van der Waals surface area contributed by atoms with E-state index in [2.05, 4.69) is 4.74 Å². The summed E-state index contributed by atoms with van der Waals surface area (Å²) in [6, 6.07) is 4.22. The van der Waals surface area contributed by atoms with E-state index < -0.39 is 18.7 Å². The van der Waals surface area contributed by atoms with E-state index in [4.69, 9.17) is 10.5 Å². The van der Waals surface area contributed by atoms with Crippen LogP contribution < -0.4 is 10.5 Å². The van der Waals surface area contributed by atoms with E-state index in [-0.39, 0.29) is 12.2 Å². The van der Waals surface area contributed by atoms with Crippen molar-refractivity contribution >= 4 is 5.91 Å². The zero-order valence-electron chi connectivity index (χ0n) is 9.58. The van der Waals surface area contributed by atoms with Gasteiger partial charge in [0.2, 0.25) is 5.91 Å². The molecule has 0 aliphatic rings. The second-order valence-corrected chi connectivity index (χ2v) is 3.50. The Morgan fingerprint density at radius 1 is 1.39 bits per heavy atom. The molecule has 100 valence electrons. The maximum Gasteiger partial charge on any atom is 0.411 e. The number of halogens is 3. The Kier molecular flexibility index (Phi) is 4.55. The van der Waals surface area contributed by atoms with Crippen molar-refractivity contribution in [2.24, 2.45) is 5.73 Å². The summed E-state index contributed by atoms with van der Waals surface area (Å²) in [5.74, 6) is -0.336. The van der Waals surface area contributed by atoms with Crippen molar-refractivity contribution in [2.45, 2.75) is 12.8 Å². The molecule has 0 heterocycles. The fourth-order valence-corrected chi connectivity index (χ4v) is 1.32. The largest absolute Gasteiger partial charge is 0.496 e. The summed E-state index contributed by atoms with van der Waals surface area (Å²) in [6.45, 7) is -1.68. The van der Waals surface area contributed by atoms with Gasteiger partial charge in [-0.2, -0.15) is 13.2 Å². The van der Waals surface area contributed by atoms with Gasteiger partial charge in [-0.1, -0.05) is 0 Å². The molecule has 0 aromatic heterocycles. The van der Waals surface area contributed by atoms with Crippen LogP contribution in [0, 0.1) is 0 Å². The van der Waals surface area contributed by atoms with Crippen molar-refractivity contribution in [1.29, 1.82) is 0 Å². The molecule has 0 aliphatic carbocycles. The summed E-state index contributed by atoms with van der Waals surface area (Å²) in [5, 5.41) is 0. The van der Waals surface area contributed by atoms with E-state index in [1.807, 2.05) is 0 Å². The number of methoxy groups -OCH3 is 1. The molecule has 2 N–H and O–H groups in total. The molecule has 0 unspecified atom stereocenters. The summed E-state index contributed by atoms with van der Waals surface area (Å²) in [4.78, 5) is 10.9. The van der Waals surface area contributed by atoms with Gasteiger partial charge in [0.05, 0.1) is 13.7 Å². The Labute approximate surface area is 101 Å². The Hall–Kier alpha value is -1.76. The number of amides is 1. The van der Waals surface area contributed by atoms with E-state index >= 15 is 0 Å². The minimum Gasteiger partial charge on any atom is -0.496 e. The second-order valence-electron chi connectivity index (χ2n) is 3.50. The maximum atomic E-state index is 11.9. The first-order valence-electron chi connectivity index (χ1n) is 4.94. The summed E-state index contributed by atoms with van der Waals surface area (Å²) >= 11 is 0. The first-order valence-corrected chi connectivity index (χ1v) is 4.94. The molecule has 1 aromatic carbocycles. The number of nitrogens with two attached hydrogens (primary N) is 1. The molecule has 4 nitrogen and oxygen atoms in total. The fourth-order valence-electron chi connectivity index (χ4n) is 1.32. The maximum absolute atomic E-state index is 11.9. The zero-order chi connectivity index (χ0) is 13.8. The van der Waals surface area contributed by atoms with Crippen molar-refractivity contribution < 1.29 is 27.4 Å². The monoisotopic (exact) mass is 263 g/mol. The van der Waals surface area contributed by atoms with Crippen molar-refractivity contribution in [3.05, 3.63) is 29.3 Å². The van der Waals surface area contributed by atoms with Crippen LogP contribution in [0.2, 0.25) is 0 Å². The molecule has 0 atom stereocenters. The van der Waals surface area contributed by atoms with Crippen LogP contribution in [0.15, 0.2) is 18.2 Å². The number of benzene rings is 1. The lowest BCUT2D eigenvalue weighted by atomic mass is 10.1. The molecular formula is C11H12F3NO3. The average molecular weight is 263 g/mol. The molecule has 0 saturated carbocycles. The quantitative estimate of drug-likeness (QED) is 0.882. The molecular weight excluding hydrogens is 251 g/mol. The topological polar surface area (TPSA) is 61.5 Å². The number of alkyl halides is 3. The van der Waals surface area contributed by atoms with Gasteiger partial charge in [-0.15, -0.1) is 0 Å². The number of carbonyl (C=O) groups excluding carboxylic acids is 1. The SMILES string of the molecule is COc1ccc(C(N)=O)cc1COCC(F)(F)F. The van der Waals surface area contributed by atoms with E-state index in [9.17, 15) is 18.0 Å². The highest BCUT2D eigenvalue weighted by molar-refractivity contribution is 5.93. The van der Waals surface area contributed by atoms with Crippen molar-refractivity contribution in [2.75, 3.05) is 13.7 Å². The smallest absolute Gasteiger partial charge is 0.411 e. The molecule has 0 saturated heterocycles. The van der Waals surface area contributed by atoms with Crippen LogP contribution in [-0.4, -0.2) is 25.8 Å². The van der Waals surface area contributed by atoms with Crippen molar-refractivity contribution in [1.82, 2.24) is 0 Å². The van der Waals surface area contributed by atoms with Crippen LogP contribution in [0.3, 0.4) is 0 Å². The van der Waals surface area contributed by atoms with Crippen LogP contribution in [0.5, 0.6) is 5.75 Å². The van der Waals surface area contributed by atoms with E-state index in [1.54, 1.807) is 0 Å². The Morgan fingerprint density at radius 2 is 2.06 bits per heavy atom. The van der Waals surface area contributed by atoms with E-state index in [0.717, 1.165) is 0 Å². The third kappa shape index (κ3) is 4.25. The number of hydrogen-bond acceptors (Lipinski definition) is 3. The first-order chi connectivity index (χ1) is 8.33. The van der Waals surface area contributed by atoms with Gasteiger partial charge in [-0.3, -0.25) is 4.79 Å². The van der Waals surface area contributed by atoms with E-state index in [1.165, 1.54) is 25.3 Å². The van der Waals surface area contributed by atoms with Crippen LogP contribution in [0.1, 0.15) is 15.9 Å². The highest BCUT2D eigenvalue weighted by atomic mass is 19.4. The number of primary amides is 1. The third-order valence-electron chi connectivity index (χ3n) is 2.09. The lowest BCUT2D eigenvalue weighted by Crippen LogP contribution is -2.17. The third-order valence-corrected chi connectivity index (χ3v) is 2.09. The molecule has 1 aromatic rings. The predicted octanol–water partition coefficient (Wildman–Crippen LogP) is 1.87. The average Bonchev–Trinajstić information content (AvgIpc) is 2.27. The highest BCUT2D eigenvalue weighted by Crippen LogP contribution is 2.22. The Morgan fingerprint density at radius 3 is 2.56 bits per heavy atom. The van der Waals surface area contributed by atoms with Crippen molar-refractivity contribution in [3.63, 3.8) is 0 Å². The first kappa shape index (κ1) is 14.3.